The first kappa shape index (κ1) is 14.2. The van der Waals surface area contributed by atoms with Gasteiger partial charge in [0.2, 0.25) is 5.91 Å². The zero-order chi connectivity index (χ0) is 13.7. The van der Waals surface area contributed by atoms with Crippen LogP contribution in [0.5, 0.6) is 0 Å². The Kier molecular flexibility index (Phi) is 4.85. The fraction of sp³-hybridized carbons (Fsp3) is 0.385. The van der Waals surface area contributed by atoms with Crippen molar-refractivity contribution < 1.29 is 9.59 Å². The van der Waals surface area contributed by atoms with Crippen LogP contribution in [0.3, 0.4) is 0 Å². The summed E-state index contributed by atoms with van der Waals surface area (Å²) in [4.78, 5) is 24.9. The molecule has 5 heteroatoms. The summed E-state index contributed by atoms with van der Waals surface area (Å²) in [6, 6.07) is 6.98. The first-order chi connectivity index (χ1) is 8.41. The van der Waals surface area contributed by atoms with Gasteiger partial charge in [-0.1, -0.05) is 12.1 Å². The van der Waals surface area contributed by atoms with Gasteiger partial charge in [-0.25, -0.2) is 0 Å². The Morgan fingerprint density at radius 1 is 1.33 bits per heavy atom. The van der Waals surface area contributed by atoms with E-state index in [1.54, 1.807) is 24.3 Å². The van der Waals surface area contributed by atoms with E-state index in [-0.39, 0.29) is 18.5 Å². The molecule has 18 heavy (non-hydrogen) atoms. The number of nitrogens with two attached hydrogens (primary N) is 1. The van der Waals surface area contributed by atoms with Crippen LogP contribution in [0.4, 0.5) is 5.69 Å². The molecule has 1 aromatic carbocycles. The monoisotopic (exact) mass is 249 g/mol. The van der Waals surface area contributed by atoms with Crippen LogP contribution in [0.1, 0.15) is 24.2 Å². The summed E-state index contributed by atoms with van der Waals surface area (Å²) in [5, 5.41) is 2.70. The van der Waals surface area contributed by atoms with Crippen molar-refractivity contribution in [2.24, 2.45) is 5.73 Å². The maximum Gasteiger partial charge on any atom is 0.250 e. The Hall–Kier alpha value is -1.88. The number of carbonyl (C=O) groups is 2. The van der Waals surface area contributed by atoms with Crippen molar-refractivity contribution in [2.45, 2.75) is 19.9 Å². The van der Waals surface area contributed by atoms with Crippen LogP contribution in [-0.4, -0.2) is 36.3 Å². The first-order valence-corrected chi connectivity index (χ1v) is 5.80. The molecule has 0 spiro atoms. The molecular formula is C13H19N3O2. The van der Waals surface area contributed by atoms with Gasteiger partial charge in [-0.3, -0.25) is 14.5 Å². The van der Waals surface area contributed by atoms with Gasteiger partial charge in [-0.2, -0.15) is 0 Å². The van der Waals surface area contributed by atoms with Gasteiger partial charge in [-0.05, 0) is 33.0 Å². The number of primary amides is 1. The summed E-state index contributed by atoms with van der Waals surface area (Å²) in [6.07, 6.45) is 0. The Morgan fingerprint density at radius 2 is 1.94 bits per heavy atom. The maximum atomic E-state index is 11.8. The van der Waals surface area contributed by atoms with E-state index in [0.29, 0.717) is 11.3 Å². The summed E-state index contributed by atoms with van der Waals surface area (Å²) < 4.78 is 0. The Morgan fingerprint density at radius 3 is 2.50 bits per heavy atom. The molecule has 0 fully saturated rings. The highest BCUT2D eigenvalue weighted by Gasteiger charge is 2.12. The second kappa shape index (κ2) is 6.16. The fourth-order valence-electron chi connectivity index (χ4n) is 1.41. The van der Waals surface area contributed by atoms with Crippen LogP contribution in [0.2, 0.25) is 0 Å². The molecule has 0 aromatic heterocycles. The highest BCUT2D eigenvalue weighted by molar-refractivity contribution is 6.03. The molecule has 1 rings (SSSR count). The smallest absolute Gasteiger partial charge is 0.250 e. The van der Waals surface area contributed by atoms with Gasteiger partial charge in [0.15, 0.2) is 0 Å². The molecule has 0 aliphatic carbocycles. The van der Waals surface area contributed by atoms with Crippen molar-refractivity contribution in [3.63, 3.8) is 0 Å². The molecule has 0 aliphatic heterocycles. The third-order valence-electron chi connectivity index (χ3n) is 2.74. The largest absolute Gasteiger partial charge is 0.366 e. The van der Waals surface area contributed by atoms with Gasteiger partial charge >= 0.3 is 0 Å². The molecule has 0 saturated heterocycles. The van der Waals surface area contributed by atoms with Crippen molar-refractivity contribution in [3.8, 4) is 0 Å². The minimum absolute atomic E-state index is 0.167. The molecular weight excluding hydrogens is 230 g/mol. The number of carbonyl (C=O) groups excluding carboxylic acids is 2. The lowest BCUT2D eigenvalue weighted by atomic mass is 10.1. The Balaban J connectivity index is 2.73. The third-order valence-corrected chi connectivity index (χ3v) is 2.74. The fourth-order valence-corrected chi connectivity index (χ4v) is 1.41. The minimum atomic E-state index is -0.553. The number of para-hydroxylation sites is 1. The molecule has 2 amide bonds. The third kappa shape index (κ3) is 3.85. The standard InChI is InChI=1S/C13H19N3O2/c1-9(2)16(3)8-12(17)15-11-7-5-4-6-10(11)13(14)18/h4-7,9H,8H2,1-3H3,(H2,14,18)(H,15,17). The number of hydrogen-bond donors (Lipinski definition) is 2. The van der Waals surface area contributed by atoms with Crippen LogP contribution in [0.15, 0.2) is 24.3 Å². The second-order valence-corrected chi connectivity index (χ2v) is 4.47. The molecule has 0 bridgehead atoms. The molecule has 0 radical (unpaired) electrons. The molecule has 0 aliphatic rings. The van der Waals surface area contributed by atoms with E-state index < -0.39 is 5.91 Å². The van der Waals surface area contributed by atoms with Crippen molar-refractivity contribution >= 4 is 17.5 Å². The van der Waals surface area contributed by atoms with Gasteiger partial charge in [0.25, 0.3) is 5.91 Å². The van der Waals surface area contributed by atoms with Crippen molar-refractivity contribution in [2.75, 3.05) is 18.9 Å². The number of anilines is 1. The lowest BCUT2D eigenvalue weighted by Gasteiger charge is -2.20. The number of likely N-dealkylation sites (N-methyl/N-ethyl adjacent to an activating group) is 1. The molecule has 0 saturated carbocycles. The molecule has 0 atom stereocenters. The lowest BCUT2D eigenvalue weighted by molar-refractivity contribution is -0.117. The summed E-state index contributed by atoms with van der Waals surface area (Å²) >= 11 is 0. The normalized spacial score (nSPS) is 10.7. The SMILES string of the molecule is CC(C)N(C)CC(=O)Nc1ccccc1C(N)=O. The van der Waals surface area contributed by atoms with Crippen LogP contribution < -0.4 is 11.1 Å². The second-order valence-electron chi connectivity index (χ2n) is 4.47. The van der Waals surface area contributed by atoms with E-state index in [1.807, 2.05) is 25.8 Å². The maximum absolute atomic E-state index is 11.8. The van der Waals surface area contributed by atoms with E-state index in [1.165, 1.54) is 0 Å². The van der Waals surface area contributed by atoms with E-state index in [2.05, 4.69) is 5.32 Å². The summed E-state index contributed by atoms with van der Waals surface area (Å²) in [7, 11) is 1.87. The van der Waals surface area contributed by atoms with E-state index in [9.17, 15) is 9.59 Å². The van der Waals surface area contributed by atoms with Crippen LogP contribution in [0, 0.1) is 0 Å². The summed E-state index contributed by atoms with van der Waals surface area (Å²) in [5.74, 6) is -0.719. The highest BCUT2D eigenvalue weighted by Crippen LogP contribution is 2.14. The topological polar surface area (TPSA) is 75.4 Å². The van der Waals surface area contributed by atoms with Gasteiger partial charge in [0.05, 0.1) is 17.8 Å². The summed E-state index contributed by atoms with van der Waals surface area (Å²) in [5.41, 5.74) is 6.01. The van der Waals surface area contributed by atoms with E-state index >= 15 is 0 Å². The van der Waals surface area contributed by atoms with Crippen molar-refractivity contribution in [3.05, 3.63) is 29.8 Å². The Labute approximate surface area is 107 Å². The highest BCUT2D eigenvalue weighted by atomic mass is 16.2. The van der Waals surface area contributed by atoms with E-state index in [4.69, 9.17) is 5.73 Å². The molecule has 3 N–H and O–H groups in total. The van der Waals surface area contributed by atoms with Gasteiger partial charge in [0, 0.05) is 6.04 Å². The quantitative estimate of drug-likeness (QED) is 0.819. The van der Waals surface area contributed by atoms with Crippen LogP contribution in [-0.2, 0) is 4.79 Å². The number of hydrogen-bond acceptors (Lipinski definition) is 3. The number of benzene rings is 1. The number of nitrogens with one attached hydrogen (secondary N) is 1. The number of rotatable bonds is 5. The van der Waals surface area contributed by atoms with Crippen LogP contribution >= 0.6 is 0 Å². The molecule has 5 nitrogen and oxygen atoms in total. The molecule has 1 aromatic rings. The minimum Gasteiger partial charge on any atom is -0.366 e. The zero-order valence-corrected chi connectivity index (χ0v) is 10.9. The number of amides is 2. The lowest BCUT2D eigenvalue weighted by Crippen LogP contribution is -2.35. The van der Waals surface area contributed by atoms with Crippen LogP contribution in [0.25, 0.3) is 0 Å². The van der Waals surface area contributed by atoms with E-state index in [0.717, 1.165) is 0 Å². The average Bonchev–Trinajstić information content (AvgIpc) is 2.28. The van der Waals surface area contributed by atoms with Gasteiger partial charge < -0.3 is 11.1 Å². The number of nitrogens with zero attached hydrogens (tertiary/aromatic N) is 1. The molecule has 0 heterocycles. The summed E-state index contributed by atoms with van der Waals surface area (Å²) in [6.45, 7) is 4.28. The zero-order valence-electron chi connectivity index (χ0n) is 10.9. The predicted molar refractivity (Wildman–Crippen MR) is 71.4 cm³/mol. The van der Waals surface area contributed by atoms with Crippen molar-refractivity contribution in [1.29, 1.82) is 0 Å². The molecule has 98 valence electrons. The average molecular weight is 249 g/mol. The molecule has 0 unspecified atom stereocenters. The predicted octanol–water partition coefficient (Wildman–Crippen LogP) is 1.06. The van der Waals surface area contributed by atoms with Gasteiger partial charge in [0.1, 0.15) is 0 Å². The van der Waals surface area contributed by atoms with Crippen molar-refractivity contribution in [1.82, 2.24) is 4.90 Å². The Bertz CT molecular complexity index is 444. The van der Waals surface area contributed by atoms with Gasteiger partial charge in [-0.15, -0.1) is 0 Å². The first-order valence-electron chi connectivity index (χ1n) is 5.80.